The molecule has 0 N–H and O–H groups in total. The normalized spacial score (nSPS) is 25.1. The Hall–Kier alpha value is -0.810. The molecular weight excluding hydrogens is 234 g/mol. The highest BCUT2D eigenvalue weighted by Crippen LogP contribution is 2.19. The molecule has 0 aromatic carbocycles. The number of ether oxygens (including phenoxy) is 3. The topological polar surface area (TPSA) is 51.3 Å². The molecule has 1 amide bonds. The summed E-state index contributed by atoms with van der Waals surface area (Å²) >= 11 is 0. The zero-order valence-corrected chi connectivity index (χ0v) is 11.5. The third-order valence-corrected chi connectivity index (χ3v) is 3.01. The van der Waals surface area contributed by atoms with E-state index >= 15 is 0 Å². The van der Waals surface area contributed by atoms with E-state index in [1.165, 1.54) is 0 Å². The fourth-order valence-corrected chi connectivity index (χ4v) is 1.94. The highest BCUT2D eigenvalue weighted by atomic mass is 16.6. The molecule has 0 aromatic heterocycles. The molecule has 0 spiro atoms. The number of carbonyl (C=O) groups is 1. The molecule has 1 unspecified atom stereocenters. The van der Waals surface area contributed by atoms with Crippen LogP contribution < -0.4 is 0 Å². The lowest BCUT2D eigenvalue weighted by molar-refractivity contribution is -0.0147. The summed E-state index contributed by atoms with van der Waals surface area (Å²) in [6, 6.07) is 0. The zero-order valence-electron chi connectivity index (χ0n) is 11.5. The van der Waals surface area contributed by atoms with Crippen molar-refractivity contribution in [3.8, 4) is 0 Å². The molecule has 2 fully saturated rings. The fourth-order valence-electron chi connectivity index (χ4n) is 1.94. The van der Waals surface area contributed by atoms with E-state index in [9.17, 15) is 4.79 Å². The third kappa shape index (κ3) is 4.46. The second-order valence-corrected chi connectivity index (χ2v) is 5.96. The van der Waals surface area contributed by atoms with Gasteiger partial charge in [-0.15, -0.1) is 0 Å². The van der Waals surface area contributed by atoms with E-state index < -0.39 is 5.60 Å². The van der Waals surface area contributed by atoms with E-state index in [2.05, 4.69) is 0 Å². The van der Waals surface area contributed by atoms with Gasteiger partial charge in [-0.3, -0.25) is 0 Å². The first-order chi connectivity index (χ1) is 8.44. The van der Waals surface area contributed by atoms with Crippen molar-refractivity contribution in [2.24, 2.45) is 0 Å². The van der Waals surface area contributed by atoms with Crippen LogP contribution in [0.25, 0.3) is 0 Å². The second-order valence-electron chi connectivity index (χ2n) is 5.96. The number of hydrogen-bond donors (Lipinski definition) is 0. The quantitative estimate of drug-likeness (QED) is 0.723. The number of epoxide rings is 1. The molecule has 104 valence electrons. The Morgan fingerprint density at radius 3 is 2.44 bits per heavy atom. The minimum atomic E-state index is -0.423. The molecule has 18 heavy (non-hydrogen) atoms. The van der Waals surface area contributed by atoms with Crippen molar-refractivity contribution in [2.75, 3.05) is 26.3 Å². The van der Waals surface area contributed by atoms with E-state index in [-0.39, 0.29) is 12.2 Å². The second kappa shape index (κ2) is 5.45. The van der Waals surface area contributed by atoms with Crippen LogP contribution in [0.1, 0.15) is 33.6 Å². The molecule has 2 rings (SSSR count). The third-order valence-electron chi connectivity index (χ3n) is 3.01. The molecule has 0 radical (unpaired) electrons. The van der Waals surface area contributed by atoms with Gasteiger partial charge >= 0.3 is 6.09 Å². The predicted octanol–water partition coefficient (Wildman–Crippen LogP) is 1.80. The van der Waals surface area contributed by atoms with Crippen molar-refractivity contribution in [1.29, 1.82) is 0 Å². The molecule has 0 bridgehead atoms. The van der Waals surface area contributed by atoms with Gasteiger partial charge in [0.25, 0.3) is 0 Å². The zero-order chi connectivity index (χ0) is 13.2. The number of likely N-dealkylation sites (tertiary alicyclic amines) is 1. The van der Waals surface area contributed by atoms with Crippen LogP contribution in [-0.4, -0.2) is 55.1 Å². The number of carbonyl (C=O) groups excluding carboxylic acids is 1. The van der Waals surface area contributed by atoms with Crippen molar-refractivity contribution in [3.63, 3.8) is 0 Å². The lowest BCUT2D eigenvalue weighted by atomic mass is 10.1. The summed E-state index contributed by atoms with van der Waals surface area (Å²) in [5.41, 5.74) is -0.423. The summed E-state index contributed by atoms with van der Waals surface area (Å²) in [6.45, 7) is 8.60. The lowest BCUT2D eigenvalue weighted by Gasteiger charge is -2.33. The summed E-state index contributed by atoms with van der Waals surface area (Å²) < 4.78 is 16.2. The van der Waals surface area contributed by atoms with Crippen molar-refractivity contribution in [1.82, 2.24) is 4.90 Å². The van der Waals surface area contributed by atoms with Crippen LogP contribution in [0, 0.1) is 0 Å². The number of hydrogen-bond acceptors (Lipinski definition) is 4. The first-order valence-electron chi connectivity index (χ1n) is 6.65. The average Bonchev–Trinajstić information content (AvgIpc) is 3.08. The summed E-state index contributed by atoms with van der Waals surface area (Å²) in [7, 11) is 0. The maximum absolute atomic E-state index is 11.8. The van der Waals surface area contributed by atoms with E-state index in [0.29, 0.717) is 25.8 Å². The Morgan fingerprint density at radius 1 is 1.33 bits per heavy atom. The van der Waals surface area contributed by atoms with Gasteiger partial charge in [-0.1, -0.05) is 0 Å². The molecule has 2 aliphatic rings. The van der Waals surface area contributed by atoms with E-state index in [1.807, 2.05) is 20.8 Å². The molecule has 2 saturated heterocycles. The Balaban J connectivity index is 1.67. The van der Waals surface area contributed by atoms with Crippen molar-refractivity contribution < 1.29 is 19.0 Å². The Morgan fingerprint density at radius 2 is 1.94 bits per heavy atom. The summed E-state index contributed by atoms with van der Waals surface area (Å²) in [5.74, 6) is 0. The van der Waals surface area contributed by atoms with Gasteiger partial charge in [0.05, 0.1) is 19.3 Å². The van der Waals surface area contributed by atoms with Crippen molar-refractivity contribution in [2.45, 2.75) is 51.4 Å². The Bertz CT molecular complexity index is 288. The van der Waals surface area contributed by atoms with Gasteiger partial charge in [0.1, 0.15) is 11.7 Å². The summed E-state index contributed by atoms with van der Waals surface area (Å²) in [4.78, 5) is 13.6. The smallest absolute Gasteiger partial charge is 0.410 e. The molecule has 0 aromatic rings. The first-order valence-corrected chi connectivity index (χ1v) is 6.65. The van der Waals surface area contributed by atoms with E-state index in [1.54, 1.807) is 4.90 Å². The van der Waals surface area contributed by atoms with Gasteiger partial charge in [-0.25, -0.2) is 4.79 Å². The van der Waals surface area contributed by atoms with Gasteiger partial charge in [0, 0.05) is 13.1 Å². The SMILES string of the molecule is CC(C)(C)OC(=O)N1CCC(OCC2CO2)CC1. The average molecular weight is 257 g/mol. The van der Waals surface area contributed by atoms with Crippen LogP contribution in [0.2, 0.25) is 0 Å². The highest BCUT2D eigenvalue weighted by Gasteiger charge is 2.29. The van der Waals surface area contributed by atoms with Gasteiger partial charge in [0.2, 0.25) is 0 Å². The van der Waals surface area contributed by atoms with Crippen LogP contribution in [-0.2, 0) is 14.2 Å². The maximum Gasteiger partial charge on any atom is 0.410 e. The lowest BCUT2D eigenvalue weighted by Crippen LogP contribution is -2.43. The van der Waals surface area contributed by atoms with Gasteiger partial charge in [-0.05, 0) is 33.6 Å². The minimum Gasteiger partial charge on any atom is -0.444 e. The molecule has 2 aliphatic heterocycles. The summed E-state index contributed by atoms with van der Waals surface area (Å²) in [6.07, 6.45) is 2.12. The molecule has 2 heterocycles. The van der Waals surface area contributed by atoms with Gasteiger partial charge in [0.15, 0.2) is 0 Å². The van der Waals surface area contributed by atoms with E-state index in [0.717, 1.165) is 19.4 Å². The van der Waals surface area contributed by atoms with Crippen molar-refractivity contribution >= 4 is 6.09 Å². The molecule has 5 nitrogen and oxygen atoms in total. The number of nitrogens with zero attached hydrogens (tertiary/aromatic N) is 1. The van der Waals surface area contributed by atoms with E-state index in [4.69, 9.17) is 14.2 Å². The van der Waals surface area contributed by atoms with Crippen LogP contribution in [0.5, 0.6) is 0 Å². The first kappa shape index (κ1) is 13.6. The molecule has 0 saturated carbocycles. The molecule has 1 atom stereocenters. The van der Waals surface area contributed by atoms with Crippen LogP contribution in [0.15, 0.2) is 0 Å². The largest absolute Gasteiger partial charge is 0.444 e. The van der Waals surface area contributed by atoms with Crippen molar-refractivity contribution in [3.05, 3.63) is 0 Å². The Kier molecular flexibility index (Phi) is 4.12. The highest BCUT2D eigenvalue weighted by molar-refractivity contribution is 5.68. The standard InChI is InChI=1S/C13H23NO4/c1-13(2,3)18-12(15)14-6-4-10(5-7-14)16-8-11-9-17-11/h10-11H,4-9H2,1-3H3. The predicted molar refractivity (Wildman–Crippen MR) is 66.5 cm³/mol. The monoisotopic (exact) mass is 257 g/mol. The number of rotatable bonds is 3. The number of amides is 1. The van der Waals surface area contributed by atoms with Crippen LogP contribution in [0.3, 0.4) is 0 Å². The number of piperidine rings is 1. The van der Waals surface area contributed by atoms with Gasteiger partial charge in [-0.2, -0.15) is 0 Å². The summed E-state index contributed by atoms with van der Waals surface area (Å²) in [5, 5.41) is 0. The van der Waals surface area contributed by atoms with Crippen LogP contribution >= 0.6 is 0 Å². The van der Waals surface area contributed by atoms with Crippen LogP contribution in [0.4, 0.5) is 4.79 Å². The fraction of sp³-hybridized carbons (Fsp3) is 0.923. The molecule has 0 aliphatic carbocycles. The molecular formula is C13H23NO4. The maximum atomic E-state index is 11.8. The minimum absolute atomic E-state index is 0.216. The Labute approximate surface area is 108 Å². The molecule has 5 heteroatoms. The van der Waals surface area contributed by atoms with Gasteiger partial charge < -0.3 is 19.1 Å².